The van der Waals surface area contributed by atoms with Crippen molar-refractivity contribution in [3.63, 3.8) is 0 Å². The molecule has 9 nitrogen and oxygen atoms in total. The van der Waals surface area contributed by atoms with Crippen LogP contribution < -0.4 is 0 Å². The molecule has 4 aromatic rings. The van der Waals surface area contributed by atoms with Crippen molar-refractivity contribution < 1.29 is 175 Å². The molecule has 0 amide bonds. The van der Waals surface area contributed by atoms with Crippen LogP contribution in [0.25, 0.3) is 27.8 Å². The van der Waals surface area contributed by atoms with E-state index in [9.17, 15) is 166 Å². The van der Waals surface area contributed by atoms with Gasteiger partial charge in [-0.1, -0.05) is 98.0 Å². The van der Waals surface area contributed by atoms with Gasteiger partial charge in [-0.15, -0.1) is 0 Å². The second-order valence-corrected chi connectivity index (χ2v) is 24.4. The van der Waals surface area contributed by atoms with E-state index < -0.39 is 161 Å². The molecule has 0 saturated carbocycles. The minimum atomic E-state index is -7.51. The molecule has 0 aromatic heterocycles. The van der Waals surface area contributed by atoms with Crippen molar-refractivity contribution in [3.05, 3.63) is 125 Å². The lowest BCUT2D eigenvalue weighted by Gasteiger charge is -2.30. The average molecular weight is 1470 g/mol. The van der Waals surface area contributed by atoms with Crippen molar-refractivity contribution >= 4 is 41.4 Å². The van der Waals surface area contributed by atoms with Crippen LogP contribution in [0.5, 0.6) is 0 Å². The van der Waals surface area contributed by atoms with Crippen molar-refractivity contribution in [1.82, 2.24) is 0 Å². The van der Waals surface area contributed by atoms with Crippen LogP contribution in [0, 0.1) is 0 Å². The summed E-state index contributed by atoms with van der Waals surface area (Å²) in [5.74, 6) is -60.4. The van der Waals surface area contributed by atoms with Gasteiger partial charge in [0, 0.05) is 38.2 Å². The third-order valence-corrected chi connectivity index (χ3v) is 15.7. The van der Waals surface area contributed by atoms with Crippen LogP contribution in [0.15, 0.2) is 96.7 Å². The van der Waals surface area contributed by atoms with E-state index in [-0.39, 0.29) is 31.2 Å². The van der Waals surface area contributed by atoms with Gasteiger partial charge in [0.05, 0.1) is 0 Å². The molecule has 4 aromatic carbocycles. The molecule has 6 rings (SSSR count). The van der Waals surface area contributed by atoms with Gasteiger partial charge in [0.2, 0.25) is 9.84 Å². The lowest BCUT2D eigenvalue weighted by atomic mass is 9.93. The largest absolute Gasteiger partial charge is 0.460 e. The maximum atomic E-state index is 14.6. The summed E-state index contributed by atoms with van der Waals surface area (Å²) in [6, 6.07) is 19.0. The van der Waals surface area contributed by atoms with E-state index in [0.717, 1.165) is 28.8 Å². The number of benzene rings is 4. The van der Waals surface area contributed by atoms with Gasteiger partial charge in [-0.2, -0.15) is 157 Å². The molecule has 93 heavy (non-hydrogen) atoms. The van der Waals surface area contributed by atoms with Gasteiger partial charge < -0.3 is 0 Å². The highest BCUT2D eigenvalue weighted by molar-refractivity contribution is 7.91. The summed E-state index contributed by atoms with van der Waals surface area (Å²) in [6.07, 6.45) is -13.4. The van der Waals surface area contributed by atoms with Crippen LogP contribution in [-0.4, -0.2) is 129 Å². The van der Waals surface area contributed by atoms with Gasteiger partial charge in [0.25, 0.3) is 0 Å². The maximum absolute atomic E-state index is 14.6. The third-order valence-electron chi connectivity index (χ3n) is 12.5. The smallest absolute Gasteiger partial charge is 0.281 e. The first-order valence-corrected chi connectivity index (χ1v) is 28.0. The summed E-state index contributed by atoms with van der Waals surface area (Å²) in [6.45, 7) is 0.908. The number of allylic oxidation sites excluding steroid dienone is 1. The standard InChI is InChI=1S/C21H12F13NO3S.C18H11F7.C5H6F6O2S.C4H4F6O3S.CH4/c1-16(22,23)18(26,27)21(33,34)39(36,37)38-35-15(17(24,25)19(28,29)20(30,31)32)11-6-7-14-12(9-11)8-10-4-2-3-5-13(10)14;1-10(16(19,20)17(21,22)18(23,24)25)11-6-7-15-13(8-11)9-12-4-2-3-5-14(12)15;1-3(6,7)4(8,9)5(10,11)14(2,12)13;1-2(5,6)3(7,8)4(9,10)14(11,12)13;/h2-7,9H,8H2,1H3;2-8H,1,9H2;1-2H3;1H3,(H,11,12,13);1H4/b35-15+;;;;. The Morgan fingerprint density at radius 3 is 1.03 bits per heavy atom. The predicted molar refractivity (Wildman–Crippen MR) is 262 cm³/mol. The molecule has 0 aliphatic heterocycles. The number of oxime groups is 1. The molecule has 2 aliphatic carbocycles. The Bertz CT molecular complexity index is 3720. The van der Waals surface area contributed by atoms with Crippen molar-refractivity contribution in [2.75, 3.05) is 6.26 Å². The van der Waals surface area contributed by atoms with Crippen LogP contribution in [-0.2, 0) is 47.2 Å². The molecule has 528 valence electrons. The van der Waals surface area contributed by atoms with E-state index >= 15 is 0 Å². The highest BCUT2D eigenvalue weighted by Gasteiger charge is 2.80. The summed E-state index contributed by atoms with van der Waals surface area (Å²) in [5.41, 5.74) is -1.94. The third kappa shape index (κ3) is 14.9. The Hall–Kier alpha value is -6.34. The van der Waals surface area contributed by atoms with Gasteiger partial charge in [-0.25, -0.2) is 8.42 Å². The first kappa shape index (κ1) is 82.8. The Kier molecular flexibility index (Phi) is 22.5. The van der Waals surface area contributed by atoms with Crippen molar-refractivity contribution in [2.24, 2.45) is 5.16 Å². The molecule has 0 fully saturated rings. The zero-order chi connectivity index (χ0) is 72.7. The fraction of sp³-hybridized carbons (Fsp3) is 0.449. The Labute approximate surface area is 501 Å². The van der Waals surface area contributed by atoms with E-state index in [1.54, 1.807) is 29.4 Å². The quantitative estimate of drug-likeness (QED) is 0.0411. The summed E-state index contributed by atoms with van der Waals surface area (Å²) < 4.78 is 487. The summed E-state index contributed by atoms with van der Waals surface area (Å²) >= 11 is 0. The molecular formula is C49H37F32NO8S3. The fourth-order valence-electron chi connectivity index (χ4n) is 7.24. The Morgan fingerprint density at radius 1 is 0.419 bits per heavy atom. The fourth-order valence-corrected chi connectivity index (χ4v) is 9.15. The van der Waals surface area contributed by atoms with Gasteiger partial charge in [0.1, 0.15) is 0 Å². The van der Waals surface area contributed by atoms with Gasteiger partial charge in [-0.3, -0.25) is 8.84 Å². The highest BCUT2D eigenvalue weighted by atomic mass is 32.2. The second-order valence-electron chi connectivity index (χ2n) is 19.3. The molecule has 0 unspecified atom stereocenters. The van der Waals surface area contributed by atoms with Crippen molar-refractivity contribution in [3.8, 4) is 22.3 Å². The van der Waals surface area contributed by atoms with Gasteiger partial charge in [0.15, 0.2) is 5.71 Å². The lowest BCUT2D eigenvalue weighted by Crippen LogP contribution is -2.57. The van der Waals surface area contributed by atoms with Crippen LogP contribution in [0.1, 0.15) is 61.6 Å². The number of halogens is 32. The molecule has 0 atom stereocenters. The molecule has 0 spiro atoms. The van der Waals surface area contributed by atoms with E-state index in [2.05, 4.69) is 10.9 Å². The SMILES string of the molecule is C.C=C(c1ccc2c(c1)Cc1ccccc1-2)C(F)(F)C(F)(F)C(F)(F)F.CC(F)(F)C(F)(F)C(F)(F)S(=O)(=O)O.CC(F)(F)C(F)(F)C(F)(F)S(=O)(=O)O/N=C(\c1ccc2c(c1)Cc1ccccc1-2)C(F)(F)C(F)(F)C(F)(F)F.CC(F)(F)C(F)(F)C(F)(F)S(C)(=O)=O. The van der Waals surface area contributed by atoms with Crippen LogP contribution in [0.2, 0.25) is 0 Å². The Balaban J connectivity index is 0.000000465. The van der Waals surface area contributed by atoms with E-state index in [1.807, 2.05) is 12.1 Å². The second kappa shape index (κ2) is 25.3. The topological polar surface area (TPSA) is 144 Å². The van der Waals surface area contributed by atoms with Crippen LogP contribution >= 0.6 is 0 Å². The molecule has 0 saturated heterocycles. The van der Waals surface area contributed by atoms with Gasteiger partial charge in [-0.05, 0) is 69.0 Å². The van der Waals surface area contributed by atoms with Crippen molar-refractivity contribution in [1.29, 1.82) is 0 Å². The molecule has 0 radical (unpaired) electrons. The normalized spacial score (nSPS) is 15.1. The van der Waals surface area contributed by atoms with E-state index in [1.165, 1.54) is 24.3 Å². The summed E-state index contributed by atoms with van der Waals surface area (Å²) in [4.78, 5) is 0. The molecule has 1 N–H and O–H groups in total. The predicted octanol–water partition coefficient (Wildman–Crippen LogP) is 17.4. The molecular weight excluding hydrogens is 1430 g/mol. The number of nitrogens with zero attached hydrogens (tertiary/aromatic N) is 1. The molecule has 0 bridgehead atoms. The zero-order valence-corrected chi connectivity index (χ0v) is 47.2. The molecule has 0 heterocycles. The Morgan fingerprint density at radius 2 is 0.720 bits per heavy atom. The van der Waals surface area contributed by atoms with Crippen LogP contribution in [0.4, 0.5) is 140 Å². The van der Waals surface area contributed by atoms with E-state index in [0.29, 0.717) is 35.2 Å². The zero-order valence-electron chi connectivity index (χ0n) is 44.8. The number of hydrogen-bond donors (Lipinski definition) is 1. The maximum Gasteiger partial charge on any atom is 0.460 e. The number of sulfone groups is 1. The van der Waals surface area contributed by atoms with Gasteiger partial charge >= 0.3 is 108 Å². The van der Waals surface area contributed by atoms with E-state index in [4.69, 9.17) is 4.55 Å². The van der Waals surface area contributed by atoms with Crippen LogP contribution in [0.3, 0.4) is 0 Å². The first-order valence-electron chi connectivity index (χ1n) is 23.2. The molecule has 44 heteroatoms. The average Bonchev–Trinajstić information content (AvgIpc) is 1.33. The number of hydrogen-bond acceptors (Lipinski definition) is 8. The monoisotopic (exact) mass is 1470 g/mol. The van der Waals surface area contributed by atoms with Crippen molar-refractivity contribution in [2.45, 2.75) is 128 Å². The molecule has 2 aliphatic rings. The first-order chi connectivity index (χ1) is 40.4. The highest BCUT2D eigenvalue weighted by Crippen LogP contribution is 2.55. The number of rotatable bonds is 17. The minimum Gasteiger partial charge on any atom is -0.281 e. The number of alkyl halides is 32. The summed E-state index contributed by atoms with van der Waals surface area (Å²) in [5, 5.41) is -17.2. The summed E-state index contributed by atoms with van der Waals surface area (Å²) in [7, 11) is -19.7. The lowest BCUT2D eigenvalue weighted by molar-refractivity contribution is -0.338. The minimum absolute atomic E-state index is 0. The number of fused-ring (bicyclic) bond motifs is 6.